The molecule has 0 radical (unpaired) electrons. The van der Waals surface area contributed by atoms with E-state index in [4.69, 9.17) is 10.6 Å². The van der Waals surface area contributed by atoms with Gasteiger partial charge in [0.25, 0.3) is 0 Å². The van der Waals surface area contributed by atoms with Crippen LogP contribution in [0.2, 0.25) is 0 Å². The van der Waals surface area contributed by atoms with Crippen LogP contribution in [0, 0.1) is 11.6 Å². The molecule has 0 aromatic heterocycles. The molecule has 0 aliphatic heterocycles. The van der Waals surface area contributed by atoms with E-state index in [9.17, 15) is 8.78 Å². The van der Waals surface area contributed by atoms with Crippen LogP contribution < -0.4 is 16.0 Å². The molecule has 112 valence electrons. The van der Waals surface area contributed by atoms with Crippen molar-refractivity contribution in [1.29, 1.82) is 0 Å². The van der Waals surface area contributed by atoms with Crippen LogP contribution in [0.25, 0.3) is 0 Å². The number of hydrogen-bond donors (Lipinski definition) is 2. The van der Waals surface area contributed by atoms with Gasteiger partial charge in [0.15, 0.2) is 0 Å². The Morgan fingerprint density at radius 1 is 1.14 bits per heavy atom. The molecule has 3 nitrogen and oxygen atoms in total. The molecule has 2 aromatic carbocycles. The van der Waals surface area contributed by atoms with E-state index in [2.05, 4.69) is 5.43 Å². The predicted octanol–water partition coefficient (Wildman–Crippen LogP) is 3.11. The Kier molecular flexibility index (Phi) is 5.25. The van der Waals surface area contributed by atoms with Gasteiger partial charge < -0.3 is 4.74 Å². The number of aryl methyl sites for hydroxylation is 1. The zero-order valence-corrected chi connectivity index (χ0v) is 11.8. The highest BCUT2D eigenvalue weighted by molar-refractivity contribution is 5.28. The quantitative estimate of drug-likeness (QED) is 0.635. The summed E-state index contributed by atoms with van der Waals surface area (Å²) in [6.07, 6.45) is 1.25. The Bertz CT molecular complexity index is 587. The molecule has 0 saturated carbocycles. The van der Waals surface area contributed by atoms with E-state index in [1.54, 1.807) is 7.11 Å². The van der Waals surface area contributed by atoms with E-state index in [1.165, 1.54) is 6.07 Å². The van der Waals surface area contributed by atoms with E-state index in [0.717, 1.165) is 23.4 Å². The van der Waals surface area contributed by atoms with Crippen molar-refractivity contribution in [2.75, 3.05) is 7.11 Å². The van der Waals surface area contributed by atoms with Crippen molar-refractivity contribution in [2.24, 2.45) is 5.84 Å². The normalized spacial score (nSPS) is 12.2. The van der Waals surface area contributed by atoms with Crippen LogP contribution in [0.15, 0.2) is 42.5 Å². The van der Waals surface area contributed by atoms with Gasteiger partial charge in [-0.3, -0.25) is 11.3 Å². The van der Waals surface area contributed by atoms with Gasteiger partial charge in [0, 0.05) is 11.6 Å². The standard InChI is InChI=1S/C16H18F2N2O/c1-21-13-6-2-11(3-7-13)4-9-16(20-19)14-10-12(17)5-8-15(14)18/h2-3,5-8,10,16,20H,4,9,19H2,1H3. The Hall–Kier alpha value is -1.98. The molecule has 0 heterocycles. The Balaban J connectivity index is 2.06. The van der Waals surface area contributed by atoms with Crippen LogP contribution >= 0.6 is 0 Å². The van der Waals surface area contributed by atoms with Crippen LogP contribution in [0.5, 0.6) is 5.75 Å². The van der Waals surface area contributed by atoms with Gasteiger partial charge in [-0.2, -0.15) is 0 Å². The lowest BCUT2D eigenvalue weighted by Gasteiger charge is -2.17. The molecule has 0 amide bonds. The highest BCUT2D eigenvalue weighted by Gasteiger charge is 2.15. The first-order chi connectivity index (χ1) is 10.1. The molecule has 5 heteroatoms. The van der Waals surface area contributed by atoms with E-state index in [-0.39, 0.29) is 5.56 Å². The van der Waals surface area contributed by atoms with E-state index in [0.29, 0.717) is 12.8 Å². The lowest BCUT2D eigenvalue weighted by atomic mass is 9.99. The summed E-state index contributed by atoms with van der Waals surface area (Å²) in [6.45, 7) is 0. The van der Waals surface area contributed by atoms with Crippen molar-refractivity contribution in [1.82, 2.24) is 5.43 Å². The third-order valence-electron chi connectivity index (χ3n) is 3.42. The number of hydrogen-bond acceptors (Lipinski definition) is 3. The first kappa shape index (κ1) is 15.4. The largest absolute Gasteiger partial charge is 0.497 e. The first-order valence-electron chi connectivity index (χ1n) is 6.68. The van der Waals surface area contributed by atoms with Gasteiger partial charge in [-0.25, -0.2) is 8.78 Å². The predicted molar refractivity (Wildman–Crippen MR) is 77.7 cm³/mol. The van der Waals surface area contributed by atoms with E-state index in [1.807, 2.05) is 24.3 Å². The van der Waals surface area contributed by atoms with Gasteiger partial charge >= 0.3 is 0 Å². The average Bonchev–Trinajstić information content (AvgIpc) is 2.51. The third kappa shape index (κ3) is 4.00. The minimum atomic E-state index is -0.476. The molecule has 0 aliphatic rings. The summed E-state index contributed by atoms with van der Waals surface area (Å²) in [5.41, 5.74) is 3.87. The van der Waals surface area contributed by atoms with Crippen LogP contribution in [0.1, 0.15) is 23.6 Å². The molecule has 3 N–H and O–H groups in total. The van der Waals surface area contributed by atoms with Crippen molar-refractivity contribution in [3.8, 4) is 5.75 Å². The second kappa shape index (κ2) is 7.15. The molecular formula is C16H18F2N2O. The highest BCUT2D eigenvalue weighted by Crippen LogP contribution is 2.23. The average molecular weight is 292 g/mol. The number of nitrogens with one attached hydrogen (secondary N) is 1. The van der Waals surface area contributed by atoms with Gasteiger partial charge in [-0.1, -0.05) is 12.1 Å². The number of halogens is 2. The monoisotopic (exact) mass is 292 g/mol. The number of nitrogens with two attached hydrogens (primary N) is 1. The summed E-state index contributed by atoms with van der Waals surface area (Å²) < 4.78 is 32.1. The molecule has 1 unspecified atom stereocenters. The molecule has 1 atom stereocenters. The van der Waals surface area contributed by atoms with Gasteiger partial charge in [0.2, 0.25) is 0 Å². The number of benzene rings is 2. The minimum absolute atomic E-state index is 0.242. The van der Waals surface area contributed by atoms with Gasteiger partial charge in [0.05, 0.1) is 7.11 Å². The van der Waals surface area contributed by atoms with Crippen molar-refractivity contribution in [3.05, 3.63) is 65.2 Å². The topological polar surface area (TPSA) is 47.3 Å². The van der Waals surface area contributed by atoms with Crippen molar-refractivity contribution < 1.29 is 13.5 Å². The zero-order chi connectivity index (χ0) is 15.2. The Labute approximate surface area is 122 Å². The summed E-state index contributed by atoms with van der Waals surface area (Å²) in [7, 11) is 1.61. The fourth-order valence-electron chi connectivity index (χ4n) is 2.21. The first-order valence-corrected chi connectivity index (χ1v) is 6.68. The summed E-state index contributed by atoms with van der Waals surface area (Å²) in [5, 5.41) is 0. The van der Waals surface area contributed by atoms with E-state index < -0.39 is 17.7 Å². The number of hydrazine groups is 1. The van der Waals surface area contributed by atoms with E-state index >= 15 is 0 Å². The summed E-state index contributed by atoms with van der Waals surface area (Å²) in [5.74, 6) is 5.32. The van der Waals surface area contributed by atoms with Crippen LogP contribution in [-0.4, -0.2) is 7.11 Å². The van der Waals surface area contributed by atoms with Gasteiger partial charge in [0.1, 0.15) is 17.4 Å². The highest BCUT2D eigenvalue weighted by atomic mass is 19.1. The zero-order valence-electron chi connectivity index (χ0n) is 11.8. The maximum atomic E-state index is 13.8. The molecule has 0 spiro atoms. The number of methoxy groups -OCH3 is 1. The molecule has 0 fully saturated rings. The van der Waals surface area contributed by atoms with Crippen molar-refractivity contribution >= 4 is 0 Å². The lowest BCUT2D eigenvalue weighted by Crippen LogP contribution is -2.29. The minimum Gasteiger partial charge on any atom is -0.497 e. The number of ether oxygens (including phenoxy) is 1. The summed E-state index contributed by atoms with van der Waals surface area (Å²) >= 11 is 0. The molecule has 21 heavy (non-hydrogen) atoms. The molecule has 2 rings (SSSR count). The maximum absolute atomic E-state index is 13.8. The third-order valence-corrected chi connectivity index (χ3v) is 3.42. The van der Waals surface area contributed by atoms with Crippen molar-refractivity contribution in [2.45, 2.75) is 18.9 Å². The van der Waals surface area contributed by atoms with Gasteiger partial charge in [-0.05, 0) is 48.7 Å². The van der Waals surface area contributed by atoms with Crippen molar-refractivity contribution in [3.63, 3.8) is 0 Å². The second-order valence-electron chi connectivity index (χ2n) is 4.77. The molecule has 0 bridgehead atoms. The Morgan fingerprint density at radius 3 is 2.48 bits per heavy atom. The summed E-state index contributed by atoms with van der Waals surface area (Å²) in [4.78, 5) is 0. The summed E-state index contributed by atoms with van der Waals surface area (Å²) in [6, 6.07) is 10.5. The lowest BCUT2D eigenvalue weighted by molar-refractivity contribution is 0.414. The fraction of sp³-hybridized carbons (Fsp3) is 0.250. The van der Waals surface area contributed by atoms with Crippen LogP contribution in [0.3, 0.4) is 0 Å². The smallest absolute Gasteiger partial charge is 0.128 e. The number of rotatable bonds is 6. The van der Waals surface area contributed by atoms with Gasteiger partial charge in [-0.15, -0.1) is 0 Å². The molecule has 2 aromatic rings. The molecule has 0 aliphatic carbocycles. The van der Waals surface area contributed by atoms with Crippen LogP contribution in [-0.2, 0) is 6.42 Å². The molecular weight excluding hydrogens is 274 g/mol. The van der Waals surface area contributed by atoms with Crippen LogP contribution in [0.4, 0.5) is 8.78 Å². The SMILES string of the molecule is COc1ccc(CCC(NN)c2cc(F)ccc2F)cc1. The second-order valence-corrected chi connectivity index (χ2v) is 4.77. The maximum Gasteiger partial charge on any atom is 0.128 e. The fourth-order valence-corrected chi connectivity index (χ4v) is 2.21. The Morgan fingerprint density at radius 2 is 1.86 bits per heavy atom. The molecule has 0 saturated heterocycles.